The van der Waals surface area contributed by atoms with E-state index in [4.69, 9.17) is 5.11 Å². The minimum absolute atomic E-state index is 0.312. The van der Waals surface area contributed by atoms with Crippen molar-refractivity contribution in [2.75, 3.05) is 13.1 Å². The minimum atomic E-state index is -1.48. The van der Waals surface area contributed by atoms with E-state index in [1.807, 2.05) is 0 Å². The van der Waals surface area contributed by atoms with Crippen LogP contribution in [0.3, 0.4) is 0 Å². The molecule has 0 amide bonds. The molecular formula is C9H15NO3. The monoisotopic (exact) mass is 185 g/mol. The lowest BCUT2D eigenvalue weighted by molar-refractivity contribution is -0.157. The fraction of sp³-hybridized carbons (Fsp3) is 0.889. The molecule has 1 unspecified atom stereocenters. The molecule has 2 N–H and O–H groups in total. The van der Waals surface area contributed by atoms with Gasteiger partial charge in [-0.15, -0.1) is 0 Å². The van der Waals surface area contributed by atoms with E-state index in [9.17, 15) is 9.90 Å². The maximum absolute atomic E-state index is 10.7. The quantitative estimate of drug-likeness (QED) is 0.638. The van der Waals surface area contributed by atoms with E-state index in [1.165, 1.54) is 6.42 Å². The number of rotatable bonds is 2. The molecule has 1 aliphatic carbocycles. The van der Waals surface area contributed by atoms with Gasteiger partial charge in [0.15, 0.2) is 5.60 Å². The van der Waals surface area contributed by atoms with Gasteiger partial charge in [-0.25, -0.2) is 4.79 Å². The number of nitrogens with zero attached hydrogens (tertiary/aromatic N) is 1. The summed E-state index contributed by atoms with van der Waals surface area (Å²) < 4.78 is 0. The number of carboxylic acid groups (broad SMARTS) is 1. The van der Waals surface area contributed by atoms with Crippen molar-refractivity contribution in [3.8, 4) is 0 Å². The molecule has 0 spiro atoms. The second-order valence-corrected chi connectivity index (χ2v) is 4.14. The van der Waals surface area contributed by atoms with Crippen LogP contribution in [0.2, 0.25) is 0 Å². The summed E-state index contributed by atoms with van der Waals surface area (Å²) in [5.74, 6) is -1.07. The second kappa shape index (κ2) is 2.96. The van der Waals surface area contributed by atoms with Crippen LogP contribution in [-0.4, -0.2) is 45.8 Å². The molecule has 1 saturated heterocycles. The van der Waals surface area contributed by atoms with Crippen LogP contribution in [0, 0.1) is 0 Å². The van der Waals surface area contributed by atoms with E-state index in [2.05, 4.69) is 4.90 Å². The van der Waals surface area contributed by atoms with Gasteiger partial charge in [-0.1, -0.05) is 6.42 Å². The molecule has 2 fully saturated rings. The van der Waals surface area contributed by atoms with Gasteiger partial charge in [-0.05, 0) is 12.8 Å². The Morgan fingerprint density at radius 1 is 1.46 bits per heavy atom. The Bertz CT molecular complexity index is 227. The highest BCUT2D eigenvalue weighted by atomic mass is 16.4. The predicted molar refractivity (Wildman–Crippen MR) is 46.4 cm³/mol. The van der Waals surface area contributed by atoms with Crippen LogP contribution in [0.1, 0.15) is 25.7 Å². The van der Waals surface area contributed by atoms with Crippen molar-refractivity contribution in [3.05, 3.63) is 0 Å². The zero-order valence-electron chi connectivity index (χ0n) is 7.57. The average molecular weight is 185 g/mol. The molecule has 1 atom stereocenters. The first-order valence-corrected chi connectivity index (χ1v) is 4.82. The summed E-state index contributed by atoms with van der Waals surface area (Å²) in [4.78, 5) is 12.8. The van der Waals surface area contributed by atoms with Gasteiger partial charge < -0.3 is 10.2 Å². The van der Waals surface area contributed by atoms with Crippen LogP contribution in [0.15, 0.2) is 0 Å². The van der Waals surface area contributed by atoms with Gasteiger partial charge in [-0.2, -0.15) is 0 Å². The SMILES string of the molecule is O=C(O)C1(O)CCN(C2CCC2)C1. The molecule has 0 aromatic rings. The van der Waals surface area contributed by atoms with Crippen molar-refractivity contribution in [2.24, 2.45) is 0 Å². The van der Waals surface area contributed by atoms with Gasteiger partial charge in [0.1, 0.15) is 0 Å². The van der Waals surface area contributed by atoms with Crippen LogP contribution in [0.5, 0.6) is 0 Å². The Morgan fingerprint density at radius 2 is 2.15 bits per heavy atom. The third-order valence-electron chi connectivity index (χ3n) is 3.27. The molecule has 1 aliphatic heterocycles. The van der Waals surface area contributed by atoms with E-state index in [0.717, 1.165) is 19.4 Å². The molecule has 74 valence electrons. The maximum Gasteiger partial charge on any atom is 0.337 e. The zero-order chi connectivity index (χ0) is 9.47. The Balaban J connectivity index is 1.96. The number of carboxylic acids is 1. The summed E-state index contributed by atoms with van der Waals surface area (Å²) in [6.07, 6.45) is 3.94. The molecule has 1 heterocycles. The van der Waals surface area contributed by atoms with Crippen LogP contribution < -0.4 is 0 Å². The van der Waals surface area contributed by atoms with Crippen LogP contribution >= 0.6 is 0 Å². The highest BCUT2D eigenvalue weighted by Crippen LogP contribution is 2.31. The van der Waals surface area contributed by atoms with E-state index >= 15 is 0 Å². The molecule has 4 nitrogen and oxygen atoms in total. The number of hydrogen-bond acceptors (Lipinski definition) is 3. The van der Waals surface area contributed by atoms with Crippen molar-refractivity contribution in [1.29, 1.82) is 0 Å². The highest BCUT2D eigenvalue weighted by molar-refractivity contribution is 5.77. The summed E-state index contributed by atoms with van der Waals surface area (Å²) in [5, 5.41) is 18.5. The van der Waals surface area contributed by atoms with Gasteiger partial charge in [0.2, 0.25) is 0 Å². The van der Waals surface area contributed by atoms with Gasteiger partial charge in [-0.3, -0.25) is 4.90 Å². The van der Waals surface area contributed by atoms with Gasteiger partial charge in [0.05, 0.1) is 0 Å². The Morgan fingerprint density at radius 3 is 2.54 bits per heavy atom. The molecule has 0 aromatic carbocycles. The molecule has 0 radical (unpaired) electrons. The van der Waals surface area contributed by atoms with E-state index in [-0.39, 0.29) is 0 Å². The van der Waals surface area contributed by atoms with Crippen molar-refractivity contribution < 1.29 is 15.0 Å². The average Bonchev–Trinajstić information content (AvgIpc) is 2.30. The molecule has 1 saturated carbocycles. The largest absolute Gasteiger partial charge is 0.479 e. The highest BCUT2D eigenvalue weighted by Gasteiger charge is 2.45. The van der Waals surface area contributed by atoms with Crippen molar-refractivity contribution in [2.45, 2.75) is 37.3 Å². The number of aliphatic carboxylic acids is 1. The van der Waals surface area contributed by atoms with Gasteiger partial charge >= 0.3 is 5.97 Å². The first kappa shape index (κ1) is 8.97. The van der Waals surface area contributed by atoms with Gasteiger partial charge in [0.25, 0.3) is 0 Å². The van der Waals surface area contributed by atoms with Crippen molar-refractivity contribution >= 4 is 5.97 Å². The Hall–Kier alpha value is -0.610. The van der Waals surface area contributed by atoms with E-state index in [0.29, 0.717) is 19.0 Å². The first-order valence-electron chi connectivity index (χ1n) is 4.82. The van der Waals surface area contributed by atoms with Crippen LogP contribution in [-0.2, 0) is 4.79 Å². The molecule has 13 heavy (non-hydrogen) atoms. The fourth-order valence-electron chi connectivity index (χ4n) is 2.06. The van der Waals surface area contributed by atoms with Crippen LogP contribution in [0.25, 0.3) is 0 Å². The zero-order valence-corrected chi connectivity index (χ0v) is 7.57. The van der Waals surface area contributed by atoms with Crippen LogP contribution in [0.4, 0.5) is 0 Å². The van der Waals surface area contributed by atoms with E-state index in [1.54, 1.807) is 0 Å². The lowest BCUT2D eigenvalue weighted by Crippen LogP contribution is -2.45. The summed E-state index contributed by atoms with van der Waals surface area (Å²) in [5.41, 5.74) is -1.48. The summed E-state index contributed by atoms with van der Waals surface area (Å²) in [6, 6.07) is 0.536. The normalized spacial score (nSPS) is 36.1. The number of carbonyl (C=O) groups is 1. The number of β-amino-alcohol motifs (C(OH)–C–C–N with tert-alkyl or cyclic N) is 1. The lowest BCUT2D eigenvalue weighted by Gasteiger charge is -2.34. The van der Waals surface area contributed by atoms with E-state index < -0.39 is 11.6 Å². The van der Waals surface area contributed by atoms with Crippen molar-refractivity contribution in [3.63, 3.8) is 0 Å². The smallest absolute Gasteiger partial charge is 0.337 e. The Kier molecular flexibility index (Phi) is 2.04. The lowest BCUT2D eigenvalue weighted by atomic mass is 9.92. The Labute approximate surface area is 77.2 Å². The standard InChI is InChI=1S/C9H15NO3/c11-8(12)9(13)4-5-10(6-9)7-2-1-3-7/h7,13H,1-6H2,(H,11,12). The van der Waals surface area contributed by atoms with Crippen molar-refractivity contribution in [1.82, 2.24) is 4.90 Å². The summed E-state index contributed by atoms with van der Waals surface area (Å²) in [6.45, 7) is 1.04. The third kappa shape index (κ3) is 1.44. The molecular weight excluding hydrogens is 170 g/mol. The molecule has 2 rings (SSSR count). The summed E-state index contributed by atoms with van der Waals surface area (Å²) in [7, 11) is 0. The fourth-order valence-corrected chi connectivity index (χ4v) is 2.06. The predicted octanol–water partition coefficient (Wildman–Crippen LogP) is 0.0603. The second-order valence-electron chi connectivity index (χ2n) is 4.14. The molecule has 0 bridgehead atoms. The number of aliphatic hydroxyl groups is 1. The number of hydrogen-bond donors (Lipinski definition) is 2. The number of likely N-dealkylation sites (tertiary alicyclic amines) is 1. The van der Waals surface area contributed by atoms with Gasteiger partial charge in [0, 0.05) is 25.6 Å². The molecule has 4 heteroatoms. The summed E-state index contributed by atoms with van der Waals surface area (Å²) >= 11 is 0. The minimum Gasteiger partial charge on any atom is -0.479 e. The third-order valence-corrected chi connectivity index (χ3v) is 3.27. The maximum atomic E-state index is 10.7. The molecule has 2 aliphatic rings. The topological polar surface area (TPSA) is 60.8 Å². The molecule has 0 aromatic heterocycles. The first-order chi connectivity index (χ1) is 6.12.